The zero-order chi connectivity index (χ0) is 3.58. The molecule has 0 amide bonds. The Hall–Kier alpha value is 0.820. The van der Waals surface area contributed by atoms with E-state index in [1.54, 1.807) is 0 Å². The molecule has 0 saturated carbocycles. The quantitative estimate of drug-likeness (QED) is 0.269. The standard InChI is InChI=1S/Na.HO3P.5H2O/c;1-4(2)3;;;;;/h;(H,1,2,3);5*1H2/q+1;;;;;;/p-1. The van der Waals surface area contributed by atoms with Crippen LogP contribution in [0.25, 0.3) is 0 Å². The predicted octanol–water partition coefficient (Wildman–Crippen LogP) is -8.76. The van der Waals surface area contributed by atoms with E-state index in [2.05, 4.69) is 0 Å². The van der Waals surface area contributed by atoms with Crippen LogP contribution in [-0.2, 0) is 4.57 Å². The zero-order valence-electron chi connectivity index (χ0n) is 5.17. The molecule has 0 aliphatic carbocycles. The maximum Gasteiger partial charge on any atom is 1.00 e. The van der Waals surface area contributed by atoms with Crippen molar-refractivity contribution in [1.29, 1.82) is 0 Å². The molecular formula is H10NaO8P. The molecule has 0 heterocycles. The van der Waals surface area contributed by atoms with Crippen LogP contribution in [-0.4, -0.2) is 27.4 Å². The summed E-state index contributed by atoms with van der Waals surface area (Å²) in [6.45, 7) is 0. The van der Waals surface area contributed by atoms with Crippen molar-refractivity contribution in [2.45, 2.75) is 0 Å². The molecule has 0 bridgehead atoms. The van der Waals surface area contributed by atoms with E-state index in [4.69, 9.17) is 14.4 Å². The van der Waals surface area contributed by atoms with Crippen LogP contribution in [0.2, 0.25) is 0 Å². The Labute approximate surface area is 79.7 Å². The second kappa shape index (κ2) is 52.4. The molecule has 0 rings (SSSR count). The van der Waals surface area contributed by atoms with Crippen LogP contribution < -0.4 is 39.3 Å². The molecule has 0 saturated heterocycles. The van der Waals surface area contributed by atoms with Gasteiger partial charge in [-0.3, -0.25) is 0 Å². The third-order valence-corrected chi connectivity index (χ3v) is 0. The third kappa shape index (κ3) is 802. The normalized spacial score (nSPS) is 2.60. The Morgan fingerprint density at radius 2 is 0.800 bits per heavy atom. The Bertz CT molecular complexity index is 32.2. The molecule has 10 N–H and O–H groups in total. The zero-order valence-corrected chi connectivity index (χ0v) is 8.07. The van der Waals surface area contributed by atoms with Gasteiger partial charge in [-0.25, -0.2) is 0 Å². The van der Waals surface area contributed by atoms with E-state index in [0.29, 0.717) is 0 Å². The molecule has 0 aliphatic heterocycles. The third-order valence-electron chi connectivity index (χ3n) is 0. The first-order valence-corrected chi connectivity index (χ1v) is 1.64. The van der Waals surface area contributed by atoms with Gasteiger partial charge in [-0.05, 0) is 0 Å². The van der Waals surface area contributed by atoms with Gasteiger partial charge in [0.05, 0.1) is 0 Å². The molecule has 0 aromatic carbocycles. The first-order valence-electron chi connectivity index (χ1n) is 0.548. The average Bonchev–Trinajstić information content (AvgIpc) is 0.811. The monoisotopic (exact) mass is 192 g/mol. The van der Waals surface area contributed by atoms with Crippen LogP contribution in [0.1, 0.15) is 0 Å². The van der Waals surface area contributed by atoms with E-state index in [9.17, 15) is 0 Å². The van der Waals surface area contributed by atoms with Crippen LogP contribution in [0.3, 0.4) is 0 Å². The summed E-state index contributed by atoms with van der Waals surface area (Å²) in [7, 11) is -3.37. The minimum atomic E-state index is -3.37. The molecule has 8 nitrogen and oxygen atoms in total. The maximum absolute atomic E-state index is 8.48. The molecule has 0 spiro atoms. The number of rotatable bonds is 0. The van der Waals surface area contributed by atoms with E-state index in [1.165, 1.54) is 0 Å². The fraction of sp³-hybridized carbons (Fsp3) is 0. The molecule has 0 unspecified atom stereocenters. The van der Waals surface area contributed by atoms with Crippen LogP contribution in [0.15, 0.2) is 0 Å². The van der Waals surface area contributed by atoms with Crippen molar-refractivity contribution in [3.05, 3.63) is 0 Å². The molecule has 0 aromatic rings. The van der Waals surface area contributed by atoms with Crippen molar-refractivity contribution < 1.29 is 71.3 Å². The molecule has 0 radical (unpaired) electrons. The Balaban J connectivity index is -0.00000000300. The van der Waals surface area contributed by atoms with Gasteiger partial charge in [-0.2, -0.15) is 0 Å². The van der Waals surface area contributed by atoms with Gasteiger partial charge >= 0.3 is 29.6 Å². The van der Waals surface area contributed by atoms with Gasteiger partial charge in [0.25, 0.3) is 8.25 Å². The van der Waals surface area contributed by atoms with Crippen LogP contribution in [0.4, 0.5) is 0 Å². The van der Waals surface area contributed by atoms with Crippen LogP contribution >= 0.6 is 8.25 Å². The SMILES string of the molecule is O.O.O.O.O.O=[P+]([O-])[O-].[Na+]. The fourth-order valence-corrected chi connectivity index (χ4v) is 0. The van der Waals surface area contributed by atoms with Crippen molar-refractivity contribution in [2.24, 2.45) is 0 Å². The van der Waals surface area contributed by atoms with E-state index in [0.717, 1.165) is 0 Å². The van der Waals surface area contributed by atoms with Crippen molar-refractivity contribution in [2.75, 3.05) is 0 Å². The van der Waals surface area contributed by atoms with E-state index < -0.39 is 8.25 Å². The topological polar surface area (TPSA) is 221 Å². The summed E-state index contributed by atoms with van der Waals surface area (Å²) >= 11 is 0. The molecule has 0 atom stereocenters. The van der Waals surface area contributed by atoms with Crippen LogP contribution in [0.5, 0.6) is 0 Å². The second-order valence-corrected chi connectivity index (χ2v) is 0.671. The summed E-state index contributed by atoms with van der Waals surface area (Å²) in [5.74, 6) is 0. The Kier molecular flexibility index (Phi) is 374. The van der Waals surface area contributed by atoms with Gasteiger partial charge in [0.2, 0.25) is 0 Å². The summed E-state index contributed by atoms with van der Waals surface area (Å²) in [5.41, 5.74) is 0. The first kappa shape index (κ1) is 71.5. The first-order chi connectivity index (χ1) is 1.73. The van der Waals surface area contributed by atoms with Crippen LogP contribution in [0, 0.1) is 0 Å². The molecule has 10 heteroatoms. The van der Waals surface area contributed by atoms with Gasteiger partial charge in [0.15, 0.2) is 0 Å². The van der Waals surface area contributed by atoms with Crippen molar-refractivity contribution >= 4 is 8.25 Å². The predicted molar refractivity (Wildman–Crippen MR) is 25.7 cm³/mol. The second-order valence-electron chi connectivity index (χ2n) is 0.224. The summed E-state index contributed by atoms with van der Waals surface area (Å²) in [6, 6.07) is 0. The number of hydrogen-bond acceptors (Lipinski definition) is 3. The molecule has 0 aliphatic rings. The molecule has 0 aromatic heterocycles. The minimum Gasteiger partial charge on any atom is -0.598 e. The van der Waals surface area contributed by atoms with E-state index in [-0.39, 0.29) is 56.9 Å². The van der Waals surface area contributed by atoms with Gasteiger partial charge < -0.3 is 37.2 Å². The van der Waals surface area contributed by atoms with E-state index >= 15 is 0 Å². The van der Waals surface area contributed by atoms with Crippen molar-refractivity contribution in [1.82, 2.24) is 0 Å². The molecule has 64 valence electrons. The molecule has 0 fully saturated rings. The maximum atomic E-state index is 8.48. The smallest absolute Gasteiger partial charge is 0.598 e. The van der Waals surface area contributed by atoms with Gasteiger partial charge in [0, 0.05) is 0 Å². The number of hydrogen-bond donors (Lipinski definition) is 0. The summed E-state index contributed by atoms with van der Waals surface area (Å²) in [5, 5.41) is 0. The Morgan fingerprint density at radius 3 is 0.800 bits per heavy atom. The average molecular weight is 192 g/mol. The van der Waals surface area contributed by atoms with Crippen molar-refractivity contribution in [3.63, 3.8) is 0 Å². The summed E-state index contributed by atoms with van der Waals surface area (Å²) in [6.07, 6.45) is 0. The van der Waals surface area contributed by atoms with Gasteiger partial charge in [-0.15, -0.1) is 0 Å². The summed E-state index contributed by atoms with van der Waals surface area (Å²) in [4.78, 5) is 17.0. The molecule has 10 heavy (non-hydrogen) atoms. The van der Waals surface area contributed by atoms with Crippen molar-refractivity contribution in [3.8, 4) is 0 Å². The largest absolute Gasteiger partial charge is 1.00 e. The van der Waals surface area contributed by atoms with Gasteiger partial charge in [0.1, 0.15) is 0 Å². The summed E-state index contributed by atoms with van der Waals surface area (Å²) < 4.78 is 8.48. The molecular weight excluding hydrogens is 182 g/mol. The minimum absolute atomic E-state index is 0. The Morgan fingerprint density at radius 1 is 0.800 bits per heavy atom. The fourth-order valence-electron chi connectivity index (χ4n) is 0. The van der Waals surface area contributed by atoms with E-state index in [1.807, 2.05) is 0 Å². The van der Waals surface area contributed by atoms with Gasteiger partial charge in [-0.1, -0.05) is 4.57 Å².